The molecule has 8 nitrogen and oxygen atoms in total. The maximum atomic E-state index is 13.6. The summed E-state index contributed by atoms with van der Waals surface area (Å²) in [6.45, 7) is 5.12. The number of carbonyl (C=O) groups is 3. The third-order valence-electron chi connectivity index (χ3n) is 5.54. The summed E-state index contributed by atoms with van der Waals surface area (Å²) >= 11 is 0. The van der Waals surface area contributed by atoms with E-state index in [-0.39, 0.29) is 36.7 Å². The number of piperidine rings is 1. The smallest absolute Gasteiger partial charge is 0.434 e. The van der Waals surface area contributed by atoms with Crippen molar-refractivity contribution < 1.29 is 32.3 Å². The molecule has 1 aromatic carbocycles. The van der Waals surface area contributed by atoms with E-state index in [2.05, 4.69) is 22.1 Å². The van der Waals surface area contributed by atoms with Crippen molar-refractivity contribution in [2.24, 2.45) is 5.92 Å². The molecule has 1 atom stereocenters. The molecule has 184 valence electrons. The van der Waals surface area contributed by atoms with Gasteiger partial charge in [-0.3, -0.25) is 9.59 Å². The Morgan fingerprint density at radius 1 is 1.21 bits per heavy atom. The lowest BCUT2D eigenvalue weighted by Gasteiger charge is -2.31. The minimum atomic E-state index is -4.85. The third kappa shape index (κ3) is 5.95. The number of likely N-dealkylation sites (tertiary alicyclic amines) is 1. The zero-order valence-electron chi connectivity index (χ0n) is 19.0. The second-order valence-electron chi connectivity index (χ2n) is 8.18. The van der Waals surface area contributed by atoms with Crippen molar-refractivity contribution in [2.45, 2.75) is 39.3 Å². The first-order valence-corrected chi connectivity index (χ1v) is 11.1. The summed E-state index contributed by atoms with van der Waals surface area (Å²) in [5.41, 5.74) is -1.71. The standard InChI is InChI=1S/C23H27F3N4O4/c1-3-34-22(33)18-13-28-30(20(18)23(24,25)26)17-8-6-16(7-9-17)21(32)27-11-10-19(31)29-12-4-5-15(2)14-29/h6-9,13,15H,3-5,10-12,14H2,1-2H3,(H,27,32). The van der Waals surface area contributed by atoms with Crippen LogP contribution in [0.25, 0.3) is 5.69 Å². The molecule has 0 bridgehead atoms. The summed E-state index contributed by atoms with van der Waals surface area (Å²) in [7, 11) is 0. The SMILES string of the molecule is CCOC(=O)c1cnn(-c2ccc(C(=O)NCCC(=O)N3CCCC(C)C3)cc2)c1C(F)(F)F. The number of esters is 1. The lowest BCUT2D eigenvalue weighted by atomic mass is 10.00. The summed E-state index contributed by atoms with van der Waals surface area (Å²) in [4.78, 5) is 38.4. The first-order chi connectivity index (χ1) is 16.1. The predicted molar refractivity (Wildman–Crippen MR) is 116 cm³/mol. The molecule has 11 heteroatoms. The number of hydrogen-bond acceptors (Lipinski definition) is 5. The summed E-state index contributed by atoms with van der Waals surface area (Å²) in [6, 6.07) is 5.30. The van der Waals surface area contributed by atoms with Gasteiger partial charge < -0.3 is 15.0 Å². The van der Waals surface area contributed by atoms with Crippen LogP contribution in [0.4, 0.5) is 13.2 Å². The monoisotopic (exact) mass is 480 g/mol. The third-order valence-corrected chi connectivity index (χ3v) is 5.54. The average Bonchev–Trinajstić information content (AvgIpc) is 3.25. The molecule has 1 unspecified atom stereocenters. The van der Waals surface area contributed by atoms with Gasteiger partial charge in [-0.05, 0) is 49.9 Å². The molecule has 1 fully saturated rings. The number of nitrogens with one attached hydrogen (secondary N) is 1. The average molecular weight is 480 g/mol. The van der Waals surface area contributed by atoms with Crippen LogP contribution in [-0.2, 0) is 15.7 Å². The Balaban J connectivity index is 1.65. The lowest BCUT2D eigenvalue weighted by Crippen LogP contribution is -2.40. The number of alkyl halides is 3. The summed E-state index contributed by atoms with van der Waals surface area (Å²) in [5, 5.41) is 6.36. The van der Waals surface area contributed by atoms with Gasteiger partial charge in [-0.15, -0.1) is 0 Å². The molecular weight excluding hydrogens is 453 g/mol. The molecule has 1 aromatic heterocycles. The fraction of sp³-hybridized carbons (Fsp3) is 0.478. The van der Waals surface area contributed by atoms with Crippen LogP contribution in [-0.4, -0.2) is 58.7 Å². The molecular formula is C23H27F3N4O4. The largest absolute Gasteiger partial charge is 0.462 e. The van der Waals surface area contributed by atoms with Gasteiger partial charge in [-0.1, -0.05) is 6.92 Å². The number of amides is 2. The van der Waals surface area contributed by atoms with Crippen molar-refractivity contribution in [3.63, 3.8) is 0 Å². The van der Waals surface area contributed by atoms with Crippen LogP contribution >= 0.6 is 0 Å². The number of hydrogen-bond donors (Lipinski definition) is 1. The molecule has 1 N–H and O–H groups in total. The molecule has 0 radical (unpaired) electrons. The Kier molecular flexibility index (Phi) is 7.95. The highest BCUT2D eigenvalue weighted by Gasteiger charge is 2.41. The van der Waals surface area contributed by atoms with Crippen LogP contribution in [0.1, 0.15) is 59.5 Å². The summed E-state index contributed by atoms with van der Waals surface area (Å²) in [6.07, 6.45) is -1.80. The van der Waals surface area contributed by atoms with Crippen LogP contribution in [0.15, 0.2) is 30.5 Å². The zero-order valence-corrected chi connectivity index (χ0v) is 19.0. The quantitative estimate of drug-likeness (QED) is 0.613. The zero-order chi connectivity index (χ0) is 24.9. The van der Waals surface area contributed by atoms with Crippen LogP contribution < -0.4 is 5.32 Å². The number of halogens is 3. The van der Waals surface area contributed by atoms with Crippen LogP contribution in [0.3, 0.4) is 0 Å². The number of aromatic nitrogens is 2. The van der Waals surface area contributed by atoms with E-state index in [1.165, 1.54) is 31.2 Å². The van der Waals surface area contributed by atoms with E-state index in [0.29, 0.717) is 10.6 Å². The van der Waals surface area contributed by atoms with Crippen molar-refractivity contribution in [2.75, 3.05) is 26.2 Å². The van der Waals surface area contributed by atoms with Gasteiger partial charge in [0.1, 0.15) is 5.56 Å². The Labute approximate surface area is 195 Å². The predicted octanol–water partition coefficient (Wildman–Crippen LogP) is 3.45. The van der Waals surface area contributed by atoms with Gasteiger partial charge in [0.2, 0.25) is 5.91 Å². The number of benzene rings is 1. The second-order valence-corrected chi connectivity index (χ2v) is 8.18. The minimum absolute atomic E-state index is 0.0158. The molecule has 1 aliphatic rings. The Hall–Kier alpha value is -3.37. The molecule has 2 amide bonds. The van der Waals surface area contributed by atoms with E-state index >= 15 is 0 Å². The molecule has 0 spiro atoms. The Morgan fingerprint density at radius 2 is 1.91 bits per heavy atom. The maximum absolute atomic E-state index is 13.6. The molecule has 1 aliphatic heterocycles. The molecule has 34 heavy (non-hydrogen) atoms. The first-order valence-electron chi connectivity index (χ1n) is 11.1. The van der Waals surface area contributed by atoms with Gasteiger partial charge in [0.05, 0.1) is 18.5 Å². The lowest BCUT2D eigenvalue weighted by molar-refractivity contribution is -0.143. The van der Waals surface area contributed by atoms with E-state index in [9.17, 15) is 27.6 Å². The normalized spacial score (nSPS) is 16.3. The molecule has 3 rings (SSSR count). The van der Waals surface area contributed by atoms with Gasteiger partial charge in [0.25, 0.3) is 5.91 Å². The van der Waals surface area contributed by atoms with Crippen LogP contribution in [0.2, 0.25) is 0 Å². The highest BCUT2D eigenvalue weighted by Crippen LogP contribution is 2.34. The number of nitrogens with zero attached hydrogens (tertiary/aromatic N) is 3. The summed E-state index contributed by atoms with van der Waals surface area (Å²) in [5.74, 6) is -1.12. The van der Waals surface area contributed by atoms with E-state index in [0.717, 1.165) is 32.1 Å². The van der Waals surface area contributed by atoms with Gasteiger partial charge >= 0.3 is 12.1 Å². The Morgan fingerprint density at radius 3 is 2.53 bits per heavy atom. The van der Waals surface area contributed by atoms with Crippen molar-refractivity contribution in [3.05, 3.63) is 47.3 Å². The second kappa shape index (κ2) is 10.7. The van der Waals surface area contributed by atoms with Crippen molar-refractivity contribution in [1.29, 1.82) is 0 Å². The van der Waals surface area contributed by atoms with Crippen molar-refractivity contribution in [3.8, 4) is 5.69 Å². The fourth-order valence-electron chi connectivity index (χ4n) is 3.89. The number of ether oxygens (including phenoxy) is 1. The highest BCUT2D eigenvalue weighted by atomic mass is 19.4. The minimum Gasteiger partial charge on any atom is -0.462 e. The van der Waals surface area contributed by atoms with Crippen molar-refractivity contribution >= 4 is 17.8 Å². The molecule has 2 aromatic rings. The molecule has 2 heterocycles. The molecule has 0 aliphatic carbocycles. The topological polar surface area (TPSA) is 93.5 Å². The van der Waals surface area contributed by atoms with Gasteiger partial charge in [0, 0.05) is 31.6 Å². The van der Waals surface area contributed by atoms with E-state index in [1.54, 1.807) is 0 Å². The van der Waals surface area contributed by atoms with Gasteiger partial charge in [-0.2, -0.15) is 18.3 Å². The first kappa shape index (κ1) is 25.3. The number of rotatable bonds is 7. The van der Waals surface area contributed by atoms with E-state index in [4.69, 9.17) is 0 Å². The Bertz CT molecular complexity index is 1030. The molecule has 1 saturated heterocycles. The maximum Gasteiger partial charge on any atom is 0.434 e. The van der Waals surface area contributed by atoms with Crippen LogP contribution in [0.5, 0.6) is 0 Å². The number of carbonyl (C=O) groups excluding carboxylic acids is 3. The van der Waals surface area contributed by atoms with Crippen LogP contribution in [0, 0.1) is 5.92 Å². The highest BCUT2D eigenvalue weighted by molar-refractivity contribution is 5.94. The van der Waals surface area contributed by atoms with Gasteiger partial charge in [0.15, 0.2) is 5.69 Å². The fourth-order valence-corrected chi connectivity index (χ4v) is 3.89. The summed E-state index contributed by atoms with van der Waals surface area (Å²) < 4.78 is 46.2. The molecule has 0 saturated carbocycles. The van der Waals surface area contributed by atoms with Crippen molar-refractivity contribution in [1.82, 2.24) is 20.0 Å². The van der Waals surface area contributed by atoms with E-state index < -0.39 is 29.3 Å². The van der Waals surface area contributed by atoms with E-state index in [1.807, 2.05) is 4.90 Å². The van der Waals surface area contributed by atoms with Gasteiger partial charge in [-0.25, -0.2) is 9.48 Å².